The molecule has 6 rings (SSSR count). The summed E-state index contributed by atoms with van der Waals surface area (Å²) in [5.74, 6) is 3.40. The molecule has 0 atom stereocenters. The van der Waals surface area contributed by atoms with Gasteiger partial charge in [-0.2, -0.15) is 0 Å². The van der Waals surface area contributed by atoms with E-state index in [0.29, 0.717) is 0 Å². The van der Waals surface area contributed by atoms with Crippen molar-refractivity contribution in [2.24, 2.45) is 0 Å². The lowest BCUT2D eigenvalue weighted by Gasteiger charge is -2.03. The van der Waals surface area contributed by atoms with Gasteiger partial charge in [-0.3, -0.25) is 8.80 Å². The van der Waals surface area contributed by atoms with Gasteiger partial charge < -0.3 is 9.47 Å². The quantitative estimate of drug-likeness (QED) is 0.274. The first-order valence-corrected chi connectivity index (χ1v) is 12.0. The first-order chi connectivity index (χ1) is 17.2. The molecule has 6 aromatic rings. The number of methoxy groups -OCH3 is 2. The van der Waals surface area contributed by atoms with Crippen LogP contribution in [0.2, 0.25) is 0 Å². The number of benzene rings is 2. The second-order valence-electron chi connectivity index (χ2n) is 7.95. The third kappa shape index (κ3) is 3.80. The zero-order valence-corrected chi connectivity index (χ0v) is 20.1. The summed E-state index contributed by atoms with van der Waals surface area (Å²) in [5, 5.41) is 1.81. The number of fused-ring (bicyclic) bond motifs is 2. The largest absolute Gasteiger partial charge is 0.497 e. The monoisotopic (exact) mass is 478 g/mol. The highest BCUT2D eigenvalue weighted by Gasteiger charge is 2.18. The van der Waals surface area contributed by atoms with E-state index in [0.717, 1.165) is 55.4 Å². The molecular weight excluding hydrogens is 456 g/mol. The van der Waals surface area contributed by atoms with Crippen LogP contribution in [0.3, 0.4) is 0 Å². The SMILES string of the molecule is COc1ccc(-c2nc(Sc3nc(-c4ccc(OC)cc4)n4ccccc34)c3ccccn23)cc1. The lowest BCUT2D eigenvalue weighted by atomic mass is 10.2. The van der Waals surface area contributed by atoms with Crippen molar-refractivity contribution in [3.8, 4) is 34.3 Å². The minimum absolute atomic E-state index is 0.819. The minimum atomic E-state index is 0.819. The zero-order valence-electron chi connectivity index (χ0n) is 19.3. The second-order valence-corrected chi connectivity index (χ2v) is 8.93. The molecule has 0 saturated heterocycles. The van der Waals surface area contributed by atoms with Crippen molar-refractivity contribution in [1.29, 1.82) is 0 Å². The summed E-state index contributed by atoms with van der Waals surface area (Å²) in [6, 6.07) is 28.2. The number of ether oxygens (including phenoxy) is 2. The predicted molar refractivity (Wildman–Crippen MR) is 138 cm³/mol. The van der Waals surface area contributed by atoms with E-state index in [1.165, 1.54) is 0 Å². The molecular formula is C28H22N4O2S. The molecule has 0 amide bonds. The lowest BCUT2D eigenvalue weighted by molar-refractivity contribution is 0.414. The van der Waals surface area contributed by atoms with Crippen molar-refractivity contribution in [3.63, 3.8) is 0 Å². The number of rotatable bonds is 6. The Morgan fingerprint density at radius 1 is 0.571 bits per heavy atom. The van der Waals surface area contributed by atoms with Gasteiger partial charge in [-0.05, 0) is 84.6 Å². The molecule has 0 bridgehead atoms. The summed E-state index contributed by atoms with van der Waals surface area (Å²) in [6.45, 7) is 0. The number of nitrogens with zero attached hydrogens (tertiary/aromatic N) is 4. The van der Waals surface area contributed by atoms with E-state index >= 15 is 0 Å². The van der Waals surface area contributed by atoms with E-state index < -0.39 is 0 Å². The molecule has 0 aliphatic carbocycles. The highest BCUT2D eigenvalue weighted by Crippen LogP contribution is 2.37. The van der Waals surface area contributed by atoms with Crippen LogP contribution in [-0.2, 0) is 0 Å². The Bertz CT molecular complexity index is 1510. The Labute approximate surface area is 206 Å². The van der Waals surface area contributed by atoms with Gasteiger partial charge in [-0.15, -0.1) is 0 Å². The molecule has 172 valence electrons. The van der Waals surface area contributed by atoms with Crippen LogP contribution in [0.5, 0.6) is 11.5 Å². The van der Waals surface area contributed by atoms with E-state index in [2.05, 4.69) is 20.9 Å². The topological polar surface area (TPSA) is 53.1 Å². The number of pyridine rings is 2. The Kier molecular flexibility index (Phi) is 5.39. The standard InChI is InChI=1S/C28H22N4O2S/c1-33-21-13-9-19(10-14-21)25-29-27(23-7-3-5-17-31(23)25)35-28-24-8-4-6-18-32(24)26(30-28)20-11-15-22(34-2)16-12-20/h3-18H,1-2H3. The molecule has 35 heavy (non-hydrogen) atoms. The molecule has 0 fully saturated rings. The van der Waals surface area contributed by atoms with Gasteiger partial charge in [-0.1, -0.05) is 12.1 Å². The molecule has 0 aliphatic rings. The molecule has 0 spiro atoms. The van der Waals surface area contributed by atoms with E-state index in [4.69, 9.17) is 19.4 Å². The van der Waals surface area contributed by atoms with Crippen molar-refractivity contribution in [3.05, 3.63) is 97.3 Å². The van der Waals surface area contributed by atoms with Crippen LogP contribution in [0.25, 0.3) is 33.8 Å². The molecule has 6 nitrogen and oxygen atoms in total. The molecule has 4 heterocycles. The fourth-order valence-electron chi connectivity index (χ4n) is 4.15. The Balaban J connectivity index is 1.45. The van der Waals surface area contributed by atoms with E-state index in [9.17, 15) is 0 Å². The number of aromatic nitrogens is 4. The second kappa shape index (κ2) is 8.85. The summed E-state index contributed by atoms with van der Waals surface area (Å²) in [6.07, 6.45) is 4.08. The van der Waals surface area contributed by atoms with Crippen LogP contribution in [0.15, 0.2) is 107 Å². The molecule has 2 aromatic carbocycles. The van der Waals surface area contributed by atoms with E-state index in [1.54, 1.807) is 26.0 Å². The average molecular weight is 479 g/mol. The smallest absolute Gasteiger partial charge is 0.145 e. The third-order valence-corrected chi connectivity index (χ3v) is 6.91. The fraction of sp³-hybridized carbons (Fsp3) is 0.0714. The maximum absolute atomic E-state index is 5.32. The first-order valence-electron chi connectivity index (χ1n) is 11.2. The van der Waals surface area contributed by atoms with Gasteiger partial charge in [0, 0.05) is 23.5 Å². The molecule has 4 aromatic heterocycles. The van der Waals surface area contributed by atoms with Crippen molar-refractivity contribution in [2.45, 2.75) is 10.1 Å². The Morgan fingerprint density at radius 2 is 1.00 bits per heavy atom. The van der Waals surface area contributed by atoms with Gasteiger partial charge >= 0.3 is 0 Å². The van der Waals surface area contributed by atoms with Crippen molar-refractivity contribution >= 4 is 22.8 Å². The highest BCUT2D eigenvalue weighted by atomic mass is 32.2. The number of hydrogen-bond donors (Lipinski definition) is 0. The molecule has 0 saturated carbocycles. The Hall–Kier alpha value is -4.23. The number of hydrogen-bond acceptors (Lipinski definition) is 5. The van der Waals surface area contributed by atoms with Crippen LogP contribution in [0.1, 0.15) is 0 Å². The van der Waals surface area contributed by atoms with Gasteiger partial charge in [0.15, 0.2) is 0 Å². The van der Waals surface area contributed by atoms with Gasteiger partial charge in [0.2, 0.25) is 0 Å². The van der Waals surface area contributed by atoms with Crippen molar-refractivity contribution < 1.29 is 9.47 Å². The molecule has 0 aliphatic heterocycles. The van der Waals surface area contributed by atoms with Crippen LogP contribution < -0.4 is 9.47 Å². The predicted octanol–water partition coefficient (Wildman–Crippen LogP) is 6.48. The van der Waals surface area contributed by atoms with Crippen molar-refractivity contribution in [1.82, 2.24) is 18.8 Å². The van der Waals surface area contributed by atoms with Crippen LogP contribution in [0.4, 0.5) is 0 Å². The summed E-state index contributed by atoms with van der Waals surface area (Å²) >= 11 is 1.58. The molecule has 0 radical (unpaired) electrons. The highest BCUT2D eigenvalue weighted by molar-refractivity contribution is 7.99. The summed E-state index contributed by atoms with van der Waals surface area (Å²) in [5.41, 5.74) is 4.11. The van der Waals surface area contributed by atoms with Gasteiger partial charge in [-0.25, -0.2) is 9.97 Å². The van der Waals surface area contributed by atoms with Crippen LogP contribution in [-0.4, -0.2) is 33.0 Å². The van der Waals surface area contributed by atoms with Gasteiger partial charge in [0.25, 0.3) is 0 Å². The van der Waals surface area contributed by atoms with Gasteiger partial charge in [0.1, 0.15) is 33.2 Å². The van der Waals surface area contributed by atoms with Crippen LogP contribution in [0, 0.1) is 0 Å². The summed E-state index contributed by atoms with van der Waals surface area (Å²) in [7, 11) is 3.34. The fourth-order valence-corrected chi connectivity index (χ4v) is 5.14. The third-order valence-electron chi connectivity index (χ3n) is 5.92. The maximum Gasteiger partial charge on any atom is 0.145 e. The average Bonchev–Trinajstić information content (AvgIpc) is 3.48. The van der Waals surface area contributed by atoms with Crippen molar-refractivity contribution in [2.75, 3.05) is 14.2 Å². The first kappa shape index (κ1) is 21.3. The van der Waals surface area contributed by atoms with E-state index in [-0.39, 0.29) is 0 Å². The summed E-state index contributed by atoms with van der Waals surface area (Å²) < 4.78 is 14.9. The number of imidazole rings is 2. The molecule has 0 unspecified atom stereocenters. The minimum Gasteiger partial charge on any atom is -0.497 e. The van der Waals surface area contributed by atoms with Crippen LogP contribution >= 0.6 is 11.8 Å². The summed E-state index contributed by atoms with van der Waals surface area (Å²) in [4.78, 5) is 10.1. The lowest BCUT2D eigenvalue weighted by Crippen LogP contribution is -1.89. The molecule has 7 heteroatoms. The van der Waals surface area contributed by atoms with Gasteiger partial charge in [0.05, 0.1) is 25.3 Å². The Morgan fingerprint density at radius 3 is 1.40 bits per heavy atom. The normalized spacial score (nSPS) is 11.3. The maximum atomic E-state index is 5.32. The zero-order chi connectivity index (χ0) is 23.8. The van der Waals surface area contributed by atoms with E-state index in [1.807, 2.05) is 85.2 Å². The molecule has 0 N–H and O–H groups in total.